The third kappa shape index (κ3) is 3.55. The number of amides is 1. The minimum absolute atomic E-state index is 0.0885. The van der Waals surface area contributed by atoms with Crippen molar-refractivity contribution in [2.45, 2.75) is 25.8 Å². The van der Waals surface area contributed by atoms with Crippen LogP contribution in [0.1, 0.15) is 28.2 Å². The average molecular weight is 385 g/mol. The first-order valence-corrected chi connectivity index (χ1v) is 8.90. The second-order valence-corrected chi connectivity index (χ2v) is 6.58. The lowest BCUT2D eigenvalue weighted by Crippen LogP contribution is -2.32. The highest BCUT2D eigenvalue weighted by atomic mass is 19.1. The Hall–Kier alpha value is -3.36. The lowest BCUT2D eigenvalue weighted by molar-refractivity contribution is 0.0946. The van der Waals surface area contributed by atoms with Crippen LogP contribution in [0.2, 0.25) is 0 Å². The summed E-state index contributed by atoms with van der Waals surface area (Å²) >= 11 is 0. The maximum Gasteiger partial charge on any atom is 0.269 e. The van der Waals surface area contributed by atoms with Crippen LogP contribution in [0.3, 0.4) is 0 Å². The quantitative estimate of drug-likeness (QED) is 0.701. The summed E-state index contributed by atoms with van der Waals surface area (Å²) in [6, 6.07) is 6.12. The predicted octanol–water partition coefficient (Wildman–Crippen LogP) is 1.83. The van der Waals surface area contributed by atoms with Gasteiger partial charge in [0.1, 0.15) is 17.3 Å². The topological polar surface area (TPSA) is 92.7 Å². The van der Waals surface area contributed by atoms with Gasteiger partial charge in [0.2, 0.25) is 0 Å². The molecule has 9 heteroatoms. The number of benzene rings is 1. The van der Waals surface area contributed by atoms with Gasteiger partial charge in [-0.2, -0.15) is 10.2 Å². The van der Waals surface area contributed by atoms with Crippen LogP contribution in [-0.4, -0.2) is 32.4 Å². The summed E-state index contributed by atoms with van der Waals surface area (Å²) in [6.45, 7) is 0.440. The van der Waals surface area contributed by atoms with Crippen molar-refractivity contribution < 1.29 is 13.6 Å². The Bertz CT molecular complexity index is 1110. The molecule has 4 rings (SSSR count). The minimum Gasteiger partial charge on any atom is -0.349 e. The zero-order chi connectivity index (χ0) is 19.7. The molecule has 0 fully saturated rings. The van der Waals surface area contributed by atoms with Gasteiger partial charge in [0.15, 0.2) is 0 Å². The molecule has 0 unspecified atom stereocenters. The Kier molecular flexibility index (Phi) is 4.72. The summed E-state index contributed by atoms with van der Waals surface area (Å²) in [7, 11) is 0. The molecule has 1 aliphatic carbocycles. The number of hydrogen-bond donors (Lipinski definition) is 2. The van der Waals surface area contributed by atoms with E-state index in [1.54, 1.807) is 6.07 Å². The molecule has 2 N–H and O–H groups in total. The first-order chi connectivity index (χ1) is 13.5. The molecule has 0 atom stereocenters. The first kappa shape index (κ1) is 18.0. The molecule has 2 heterocycles. The van der Waals surface area contributed by atoms with E-state index in [1.807, 2.05) is 0 Å². The lowest BCUT2D eigenvalue weighted by Gasteiger charge is -2.07. The van der Waals surface area contributed by atoms with Crippen molar-refractivity contribution >= 4 is 5.91 Å². The molecule has 0 aliphatic heterocycles. The van der Waals surface area contributed by atoms with Crippen LogP contribution < -0.4 is 10.9 Å². The number of carbonyl (C=O) groups excluding carboxylic acids is 1. The molecule has 0 radical (unpaired) electrons. The maximum atomic E-state index is 13.8. The normalized spacial score (nSPS) is 12.8. The maximum absolute atomic E-state index is 13.8. The molecule has 28 heavy (non-hydrogen) atoms. The van der Waals surface area contributed by atoms with E-state index in [0.717, 1.165) is 42.7 Å². The van der Waals surface area contributed by atoms with Crippen molar-refractivity contribution in [3.8, 4) is 11.3 Å². The van der Waals surface area contributed by atoms with Gasteiger partial charge in [-0.25, -0.2) is 13.5 Å². The molecule has 1 aromatic carbocycles. The van der Waals surface area contributed by atoms with Crippen LogP contribution in [0, 0.1) is 11.6 Å². The van der Waals surface area contributed by atoms with E-state index in [1.165, 1.54) is 16.8 Å². The zero-order valence-corrected chi connectivity index (χ0v) is 14.8. The van der Waals surface area contributed by atoms with Crippen molar-refractivity contribution in [2.24, 2.45) is 0 Å². The van der Waals surface area contributed by atoms with Crippen molar-refractivity contribution in [2.75, 3.05) is 6.54 Å². The summed E-state index contributed by atoms with van der Waals surface area (Å²) in [5.41, 5.74) is 2.16. The molecule has 0 saturated heterocycles. The zero-order valence-electron chi connectivity index (χ0n) is 14.8. The Labute approximate surface area is 158 Å². The summed E-state index contributed by atoms with van der Waals surface area (Å²) in [5, 5.41) is 13.4. The Morgan fingerprint density at radius 2 is 2.07 bits per heavy atom. The van der Waals surface area contributed by atoms with E-state index in [-0.39, 0.29) is 35.6 Å². The number of halogens is 2. The third-order valence-corrected chi connectivity index (χ3v) is 4.66. The monoisotopic (exact) mass is 385 g/mol. The van der Waals surface area contributed by atoms with Crippen LogP contribution >= 0.6 is 0 Å². The van der Waals surface area contributed by atoms with E-state index in [9.17, 15) is 18.4 Å². The highest BCUT2D eigenvalue weighted by Gasteiger charge is 2.16. The number of nitrogens with zero attached hydrogens (tertiary/aromatic N) is 3. The second kappa shape index (κ2) is 7.34. The van der Waals surface area contributed by atoms with Crippen LogP contribution in [0.4, 0.5) is 8.78 Å². The van der Waals surface area contributed by atoms with Crippen LogP contribution in [0.15, 0.2) is 35.1 Å². The number of carbonyl (C=O) groups is 1. The van der Waals surface area contributed by atoms with E-state index in [4.69, 9.17) is 0 Å². The number of rotatable bonds is 5. The van der Waals surface area contributed by atoms with Gasteiger partial charge < -0.3 is 5.32 Å². The van der Waals surface area contributed by atoms with Gasteiger partial charge in [0.25, 0.3) is 11.5 Å². The third-order valence-electron chi connectivity index (χ3n) is 4.66. The standard InChI is InChI=1S/C19H17F2N5O2/c20-12-4-5-13(14(21)9-12)16-10-17(24-23-16)19(28)22-6-7-26-18(27)8-11-2-1-3-15(11)25-26/h4-5,8-10H,1-3,6-7H2,(H,22,28)(H,23,24). The van der Waals surface area contributed by atoms with E-state index in [2.05, 4.69) is 20.6 Å². The molecular formula is C19H17F2N5O2. The molecule has 7 nitrogen and oxygen atoms in total. The number of H-pyrrole nitrogens is 1. The fourth-order valence-corrected chi connectivity index (χ4v) is 3.24. The van der Waals surface area contributed by atoms with Crippen LogP contribution in [0.5, 0.6) is 0 Å². The highest BCUT2D eigenvalue weighted by molar-refractivity contribution is 5.93. The summed E-state index contributed by atoms with van der Waals surface area (Å²) in [6.07, 6.45) is 2.74. The van der Waals surface area contributed by atoms with Gasteiger partial charge in [-0.15, -0.1) is 0 Å². The molecule has 0 spiro atoms. The van der Waals surface area contributed by atoms with Crippen LogP contribution in [-0.2, 0) is 19.4 Å². The number of aromatic amines is 1. The van der Waals surface area contributed by atoms with E-state index >= 15 is 0 Å². The average Bonchev–Trinajstić information content (AvgIpc) is 3.31. The second-order valence-electron chi connectivity index (χ2n) is 6.58. The molecule has 0 saturated carbocycles. The SMILES string of the molecule is O=C(NCCn1nc2c(cc1=O)CCC2)c1cc(-c2ccc(F)cc2F)n[nH]1. The summed E-state index contributed by atoms with van der Waals surface area (Å²) < 4.78 is 28.2. The summed E-state index contributed by atoms with van der Waals surface area (Å²) in [5.74, 6) is -1.90. The number of aromatic nitrogens is 4. The lowest BCUT2D eigenvalue weighted by atomic mass is 10.1. The molecule has 0 bridgehead atoms. The fraction of sp³-hybridized carbons (Fsp3) is 0.263. The van der Waals surface area contributed by atoms with Gasteiger partial charge in [0.05, 0.1) is 17.9 Å². The highest BCUT2D eigenvalue weighted by Crippen LogP contribution is 2.22. The first-order valence-electron chi connectivity index (χ1n) is 8.90. The smallest absolute Gasteiger partial charge is 0.269 e. The van der Waals surface area contributed by atoms with Crippen LogP contribution in [0.25, 0.3) is 11.3 Å². The Balaban J connectivity index is 1.40. The van der Waals surface area contributed by atoms with E-state index in [0.29, 0.717) is 0 Å². The number of nitrogens with one attached hydrogen (secondary N) is 2. The molecular weight excluding hydrogens is 368 g/mol. The van der Waals surface area contributed by atoms with Gasteiger partial charge >= 0.3 is 0 Å². The predicted molar refractivity (Wildman–Crippen MR) is 96.8 cm³/mol. The molecule has 144 valence electrons. The Morgan fingerprint density at radius 3 is 2.89 bits per heavy atom. The van der Waals surface area contributed by atoms with Gasteiger partial charge in [-0.3, -0.25) is 14.7 Å². The number of hydrogen-bond acceptors (Lipinski definition) is 4. The largest absolute Gasteiger partial charge is 0.349 e. The van der Waals surface area contributed by atoms with Gasteiger partial charge in [-0.05, 0) is 43.0 Å². The number of aryl methyl sites for hydroxylation is 2. The van der Waals surface area contributed by atoms with Gasteiger partial charge in [0, 0.05) is 24.2 Å². The van der Waals surface area contributed by atoms with Crippen molar-refractivity contribution in [3.63, 3.8) is 0 Å². The van der Waals surface area contributed by atoms with Crippen molar-refractivity contribution in [3.05, 3.63) is 69.3 Å². The van der Waals surface area contributed by atoms with Crippen molar-refractivity contribution in [1.29, 1.82) is 0 Å². The molecule has 3 aromatic rings. The van der Waals surface area contributed by atoms with E-state index < -0.39 is 17.5 Å². The molecule has 1 amide bonds. The summed E-state index contributed by atoms with van der Waals surface area (Å²) in [4.78, 5) is 24.3. The Morgan fingerprint density at radius 1 is 1.21 bits per heavy atom. The van der Waals surface area contributed by atoms with Crippen molar-refractivity contribution in [1.82, 2.24) is 25.3 Å². The van der Waals surface area contributed by atoms with Gasteiger partial charge in [-0.1, -0.05) is 0 Å². The fourth-order valence-electron chi connectivity index (χ4n) is 3.24. The number of fused-ring (bicyclic) bond motifs is 1. The molecule has 1 aliphatic rings. The molecule has 2 aromatic heterocycles. The minimum atomic E-state index is -0.763.